The van der Waals surface area contributed by atoms with E-state index in [4.69, 9.17) is 11.6 Å². The summed E-state index contributed by atoms with van der Waals surface area (Å²) in [5.41, 5.74) is 2.08. The summed E-state index contributed by atoms with van der Waals surface area (Å²) in [5.74, 6) is 0. The molecule has 1 aromatic rings. The van der Waals surface area contributed by atoms with Crippen molar-refractivity contribution in [1.29, 1.82) is 0 Å². The number of hydrogen-bond acceptors (Lipinski definition) is 1. The van der Waals surface area contributed by atoms with Crippen LogP contribution >= 0.6 is 11.6 Å². The number of aryl methyl sites for hydroxylation is 1. The molecule has 0 aliphatic heterocycles. The third-order valence-electron chi connectivity index (χ3n) is 2.33. The predicted molar refractivity (Wildman–Crippen MR) is 67.3 cm³/mol. The first-order valence-corrected chi connectivity index (χ1v) is 5.59. The Morgan fingerprint density at radius 3 is 2.53 bits per heavy atom. The van der Waals surface area contributed by atoms with Gasteiger partial charge in [-0.3, -0.25) is 0 Å². The van der Waals surface area contributed by atoms with Gasteiger partial charge in [0.2, 0.25) is 0 Å². The summed E-state index contributed by atoms with van der Waals surface area (Å²) < 4.78 is 0. The topological polar surface area (TPSA) is 15.6 Å². The van der Waals surface area contributed by atoms with E-state index in [9.17, 15) is 0 Å². The highest BCUT2D eigenvalue weighted by Crippen LogP contribution is 2.21. The maximum absolute atomic E-state index is 5.87. The molecule has 0 unspecified atom stereocenters. The zero-order valence-electron chi connectivity index (χ0n) is 9.50. The minimum Gasteiger partial charge on any atom is -0.363 e. The zero-order chi connectivity index (χ0) is 11.3. The highest BCUT2D eigenvalue weighted by molar-refractivity contribution is 6.30. The lowest BCUT2D eigenvalue weighted by Gasteiger charge is -2.13. The molecule has 0 saturated heterocycles. The molecule has 1 rings (SSSR count). The van der Waals surface area contributed by atoms with Crippen LogP contribution in [0, 0.1) is 6.92 Å². The van der Waals surface area contributed by atoms with Gasteiger partial charge in [-0.25, -0.2) is 4.99 Å². The summed E-state index contributed by atoms with van der Waals surface area (Å²) in [6.45, 7) is 8.20. The van der Waals surface area contributed by atoms with Crippen molar-refractivity contribution in [3.05, 3.63) is 28.8 Å². The molecule has 0 bridgehead atoms. The monoisotopic (exact) mass is 224 g/mol. The minimum absolute atomic E-state index is 0.759. The van der Waals surface area contributed by atoms with Gasteiger partial charge in [-0.05, 0) is 44.5 Å². The van der Waals surface area contributed by atoms with Gasteiger partial charge >= 0.3 is 0 Å². The molecule has 0 radical (unpaired) electrons. The van der Waals surface area contributed by atoms with E-state index in [1.807, 2.05) is 31.5 Å². The van der Waals surface area contributed by atoms with Gasteiger partial charge in [-0.1, -0.05) is 11.6 Å². The lowest BCUT2D eigenvalue weighted by atomic mass is 10.2. The molecule has 0 aliphatic carbocycles. The fourth-order valence-electron chi connectivity index (χ4n) is 1.29. The van der Waals surface area contributed by atoms with Crippen LogP contribution in [-0.4, -0.2) is 24.3 Å². The third kappa shape index (κ3) is 3.56. The second-order valence-electron chi connectivity index (χ2n) is 3.40. The van der Waals surface area contributed by atoms with E-state index in [0.717, 1.165) is 29.4 Å². The molecule has 0 atom stereocenters. The minimum atomic E-state index is 0.759. The summed E-state index contributed by atoms with van der Waals surface area (Å²) in [6, 6.07) is 5.73. The number of aliphatic imine (C=N–C) groups is 1. The molecule has 2 nitrogen and oxygen atoms in total. The van der Waals surface area contributed by atoms with Crippen molar-refractivity contribution in [2.45, 2.75) is 20.8 Å². The molecule has 15 heavy (non-hydrogen) atoms. The Bertz CT molecular complexity index is 343. The number of rotatable bonds is 4. The number of benzene rings is 1. The smallest absolute Gasteiger partial charge is 0.0912 e. The molecule has 0 heterocycles. The van der Waals surface area contributed by atoms with Crippen LogP contribution in [0.4, 0.5) is 5.69 Å². The van der Waals surface area contributed by atoms with E-state index < -0.39 is 0 Å². The Morgan fingerprint density at radius 2 is 2.00 bits per heavy atom. The van der Waals surface area contributed by atoms with Crippen molar-refractivity contribution in [2.24, 2.45) is 4.99 Å². The van der Waals surface area contributed by atoms with Crippen LogP contribution in [0.5, 0.6) is 0 Å². The molecule has 0 saturated carbocycles. The Hall–Kier alpha value is -1.02. The Morgan fingerprint density at radius 1 is 1.33 bits per heavy atom. The fourth-order valence-corrected chi connectivity index (χ4v) is 1.52. The second kappa shape index (κ2) is 5.76. The first-order valence-electron chi connectivity index (χ1n) is 5.21. The van der Waals surface area contributed by atoms with Crippen molar-refractivity contribution < 1.29 is 0 Å². The summed E-state index contributed by atoms with van der Waals surface area (Å²) in [4.78, 5) is 6.58. The van der Waals surface area contributed by atoms with Crippen LogP contribution in [0.25, 0.3) is 0 Å². The molecule has 0 spiro atoms. The van der Waals surface area contributed by atoms with Crippen molar-refractivity contribution in [3.63, 3.8) is 0 Å². The van der Waals surface area contributed by atoms with E-state index in [-0.39, 0.29) is 0 Å². The van der Waals surface area contributed by atoms with Crippen LogP contribution in [0.3, 0.4) is 0 Å². The highest BCUT2D eigenvalue weighted by atomic mass is 35.5. The molecular formula is C12H17ClN2. The average Bonchev–Trinajstić information content (AvgIpc) is 2.22. The standard InChI is InChI=1S/C12H17ClN2/c1-4-15(5-2)9-14-12-7-6-11(13)8-10(12)3/h6-9H,4-5H2,1-3H3. The Labute approximate surface area is 96.6 Å². The largest absolute Gasteiger partial charge is 0.363 e. The van der Waals surface area contributed by atoms with E-state index >= 15 is 0 Å². The first-order chi connectivity index (χ1) is 7.17. The maximum atomic E-state index is 5.87. The summed E-state index contributed by atoms with van der Waals surface area (Å²) in [6.07, 6.45) is 1.89. The molecule has 0 N–H and O–H groups in total. The summed E-state index contributed by atoms with van der Waals surface area (Å²) in [5, 5.41) is 0.759. The van der Waals surface area contributed by atoms with Gasteiger partial charge in [0.1, 0.15) is 0 Å². The number of halogens is 1. The summed E-state index contributed by atoms with van der Waals surface area (Å²) >= 11 is 5.87. The average molecular weight is 225 g/mol. The molecule has 82 valence electrons. The summed E-state index contributed by atoms with van der Waals surface area (Å²) in [7, 11) is 0. The van der Waals surface area contributed by atoms with Crippen molar-refractivity contribution in [3.8, 4) is 0 Å². The van der Waals surface area contributed by atoms with Crippen LogP contribution in [-0.2, 0) is 0 Å². The van der Waals surface area contributed by atoms with Crippen molar-refractivity contribution in [1.82, 2.24) is 4.90 Å². The quantitative estimate of drug-likeness (QED) is 0.563. The molecule has 1 aromatic carbocycles. The van der Waals surface area contributed by atoms with Gasteiger partial charge < -0.3 is 4.90 Å². The van der Waals surface area contributed by atoms with E-state index in [1.165, 1.54) is 0 Å². The van der Waals surface area contributed by atoms with Crippen LogP contribution in [0.1, 0.15) is 19.4 Å². The number of hydrogen-bond donors (Lipinski definition) is 0. The SMILES string of the molecule is CCN(C=Nc1ccc(Cl)cc1C)CC. The second-order valence-corrected chi connectivity index (χ2v) is 3.83. The van der Waals surface area contributed by atoms with E-state index in [2.05, 4.69) is 23.7 Å². The predicted octanol–water partition coefficient (Wildman–Crippen LogP) is 3.65. The van der Waals surface area contributed by atoms with Crippen LogP contribution in [0.15, 0.2) is 23.2 Å². The lowest BCUT2D eigenvalue weighted by molar-refractivity contribution is 0.480. The van der Waals surface area contributed by atoms with Crippen molar-refractivity contribution >= 4 is 23.6 Å². The molecule has 0 aliphatic rings. The van der Waals surface area contributed by atoms with Gasteiger partial charge in [-0.15, -0.1) is 0 Å². The maximum Gasteiger partial charge on any atom is 0.0912 e. The number of nitrogens with zero attached hydrogens (tertiary/aromatic N) is 2. The first kappa shape index (κ1) is 12.1. The Kier molecular flexibility index (Phi) is 4.63. The van der Waals surface area contributed by atoms with Gasteiger partial charge in [0.15, 0.2) is 0 Å². The van der Waals surface area contributed by atoms with Crippen molar-refractivity contribution in [2.75, 3.05) is 13.1 Å². The lowest BCUT2D eigenvalue weighted by Crippen LogP contribution is -2.20. The highest BCUT2D eigenvalue weighted by Gasteiger charge is 1.97. The molecular weight excluding hydrogens is 208 g/mol. The van der Waals surface area contributed by atoms with Crippen LogP contribution < -0.4 is 0 Å². The van der Waals surface area contributed by atoms with Crippen LogP contribution in [0.2, 0.25) is 5.02 Å². The molecule has 3 heteroatoms. The van der Waals surface area contributed by atoms with Gasteiger partial charge in [0.25, 0.3) is 0 Å². The molecule has 0 amide bonds. The third-order valence-corrected chi connectivity index (χ3v) is 2.57. The molecule has 0 fully saturated rings. The van der Waals surface area contributed by atoms with Gasteiger partial charge in [-0.2, -0.15) is 0 Å². The van der Waals surface area contributed by atoms with Gasteiger partial charge in [0.05, 0.1) is 12.0 Å². The van der Waals surface area contributed by atoms with Gasteiger partial charge in [0, 0.05) is 18.1 Å². The molecule has 0 aromatic heterocycles. The van der Waals surface area contributed by atoms with E-state index in [0.29, 0.717) is 0 Å². The fraction of sp³-hybridized carbons (Fsp3) is 0.417. The normalized spacial score (nSPS) is 10.9. The van der Waals surface area contributed by atoms with E-state index in [1.54, 1.807) is 0 Å². The zero-order valence-corrected chi connectivity index (χ0v) is 10.3. The Balaban J connectivity index is 2.80.